The third kappa shape index (κ3) is 3.58. The topological polar surface area (TPSA) is 102 Å². The van der Waals surface area contributed by atoms with Gasteiger partial charge in [0.2, 0.25) is 0 Å². The first-order valence-electron chi connectivity index (χ1n) is 7.79. The normalized spacial score (nSPS) is 12.2. The largest absolute Gasteiger partial charge is 0.459 e. The standard InChI is InChI=1S/C16H10F5N5O3/c1-8-6-12(15(17,18)16(19,20)21)25-13(22-8)7-10(24-25)14(27)23-9-4-2-3-5-11(9)26(28)29/h2-7H,1H3,(H,23,27). The fourth-order valence-electron chi connectivity index (χ4n) is 2.50. The number of halogens is 5. The number of para-hydroxylation sites is 2. The van der Waals surface area contributed by atoms with Crippen molar-refractivity contribution in [2.24, 2.45) is 0 Å². The molecule has 3 aromatic rings. The molecule has 3 rings (SSSR count). The van der Waals surface area contributed by atoms with Crippen LogP contribution in [0.5, 0.6) is 0 Å². The van der Waals surface area contributed by atoms with E-state index >= 15 is 0 Å². The number of nitrogens with zero attached hydrogens (tertiary/aromatic N) is 4. The second kappa shape index (κ2) is 6.76. The highest BCUT2D eigenvalue weighted by molar-refractivity contribution is 6.04. The molecular weight excluding hydrogens is 405 g/mol. The van der Waals surface area contributed by atoms with Crippen molar-refractivity contribution in [1.29, 1.82) is 0 Å². The lowest BCUT2D eigenvalue weighted by Crippen LogP contribution is -2.36. The van der Waals surface area contributed by atoms with Gasteiger partial charge in [-0.3, -0.25) is 14.9 Å². The van der Waals surface area contributed by atoms with Crippen LogP contribution in [-0.4, -0.2) is 31.6 Å². The van der Waals surface area contributed by atoms with E-state index in [1.807, 2.05) is 0 Å². The fraction of sp³-hybridized carbons (Fsp3) is 0.188. The zero-order valence-electron chi connectivity index (χ0n) is 14.4. The first kappa shape index (κ1) is 20.1. The van der Waals surface area contributed by atoms with Gasteiger partial charge in [0.15, 0.2) is 11.3 Å². The van der Waals surface area contributed by atoms with Crippen molar-refractivity contribution in [3.05, 3.63) is 63.6 Å². The first-order chi connectivity index (χ1) is 13.4. The van der Waals surface area contributed by atoms with Gasteiger partial charge in [-0.05, 0) is 19.1 Å². The number of rotatable bonds is 4. The zero-order valence-corrected chi connectivity index (χ0v) is 14.4. The number of anilines is 1. The summed E-state index contributed by atoms with van der Waals surface area (Å²) in [7, 11) is 0. The van der Waals surface area contributed by atoms with Crippen LogP contribution in [0.15, 0.2) is 36.4 Å². The molecule has 1 N–H and O–H groups in total. The number of nitro groups is 1. The lowest BCUT2D eigenvalue weighted by Gasteiger charge is -2.20. The number of benzene rings is 1. The first-order valence-corrected chi connectivity index (χ1v) is 7.79. The number of hydrogen-bond acceptors (Lipinski definition) is 5. The minimum absolute atomic E-state index is 0.151. The SMILES string of the molecule is Cc1cc(C(F)(F)C(F)(F)F)n2nc(C(=O)Nc3ccccc3[N+](=O)[O-])cc2n1. The summed E-state index contributed by atoms with van der Waals surface area (Å²) < 4.78 is 66.4. The van der Waals surface area contributed by atoms with Crippen molar-refractivity contribution in [3.8, 4) is 0 Å². The van der Waals surface area contributed by atoms with Crippen molar-refractivity contribution in [2.45, 2.75) is 19.0 Å². The summed E-state index contributed by atoms with van der Waals surface area (Å²) in [6.07, 6.45) is -5.90. The number of carbonyl (C=O) groups excluding carboxylic acids is 1. The molecule has 1 amide bonds. The zero-order chi connectivity index (χ0) is 21.6. The maximum atomic E-state index is 13.9. The number of nitrogens with one attached hydrogen (secondary N) is 1. The Kier molecular flexibility index (Phi) is 4.68. The number of aryl methyl sites for hydroxylation is 1. The van der Waals surface area contributed by atoms with Crippen LogP contribution in [0, 0.1) is 17.0 Å². The van der Waals surface area contributed by atoms with Crippen LogP contribution in [0.3, 0.4) is 0 Å². The van der Waals surface area contributed by atoms with E-state index in [1.54, 1.807) is 0 Å². The van der Waals surface area contributed by atoms with Crippen molar-refractivity contribution in [1.82, 2.24) is 14.6 Å². The Bertz CT molecular complexity index is 1130. The Morgan fingerprint density at radius 3 is 2.45 bits per heavy atom. The van der Waals surface area contributed by atoms with Gasteiger partial charge in [-0.25, -0.2) is 9.50 Å². The molecule has 1 aromatic carbocycles. The number of nitro benzene ring substituents is 1. The molecule has 0 aliphatic heterocycles. The highest BCUT2D eigenvalue weighted by atomic mass is 19.4. The highest BCUT2D eigenvalue weighted by Crippen LogP contribution is 2.43. The monoisotopic (exact) mass is 415 g/mol. The number of carbonyl (C=O) groups is 1. The van der Waals surface area contributed by atoms with E-state index in [-0.39, 0.29) is 15.9 Å². The fourth-order valence-corrected chi connectivity index (χ4v) is 2.50. The second-order valence-electron chi connectivity index (χ2n) is 5.88. The Labute approximate surface area is 158 Å². The third-order valence-corrected chi connectivity index (χ3v) is 3.81. The van der Waals surface area contributed by atoms with Gasteiger partial charge in [0.1, 0.15) is 11.4 Å². The van der Waals surface area contributed by atoms with Crippen LogP contribution in [0.1, 0.15) is 21.9 Å². The molecule has 0 saturated carbocycles. The average molecular weight is 415 g/mol. The Balaban J connectivity index is 2.06. The predicted octanol–water partition coefficient (Wildman–Crippen LogP) is 3.85. The van der Waals surface area contributed by atoms with E-state index in [2.05, 4.69) is 15.4 Å². The summed E-state index contributed by atoms with van der Waals surface area (Å²) in [6.45, 7) is 1.20. The molecule has 0 atom stereocenters. The molecule has 8 nitrogen and oxygen atoms in total. The van der Waals surface area contributed by atoms with Crippen LogP contribution in [0.2, 0.25) is 0 Å². The number of hydrogen-bond donors (Lipinski definition) is 1. The summed E-state index contributed by atoms with van der Waals surface area (Å²) in [5, 5.41) is 16.7. The molecule has 0 unspecified atom stereocenters. The molecule has 2 heterocycles. The Hall–Kier alpha value is -3.64. The van der Waals surface area contributed by atoms with Crippen molar-refractivity contribution in [2.75, 3.05) is 5.32 Å². The maximum Gasteiger partial charge on any atom is 0.459 e. The summed E-state index contributed by atoms with van der Waals surface area (Å²) in [6, 6.07) is 6.50. The number of alkyl halides is 5. The van der Waals surface area contributed by atoms with Gasteiger partial charge in [0.05, 0.1) is 4.92 Å². The maximum absolute atomic E-state index is 13.9. The molecule has 0 spiro atoms. The van der Waals surface area contributed by atoms with Gasteiger partial charge in [-0.1, -0.05) is 12.1 Å². The van der Waals surface area contributed by atoms with E-state index < -0.39 is 45.7 Å². The average Bonchev–Trinajstić information content (AvgIpc) is 3.04. The minimum Gasteiger partial charge on any atom is -0.315 e. The molecule has 13 heteroatoms. The van der Waals surface area contributed by atoms with Crippen LogP contribution >= 0.6 is 0 Å². The van der Waals surface area contributed by atoms with Crippen LogP contribution in [0.25, 0.3) is 5.65 Å². The lowest BCUT2D eigenvalue weighted by atomic mass is 10.2. The van der Waals surface area contributed by atoms with Gasteiger partial charge in [-0.2, -0.15) is 27.1 Å². The minimum atomic E-state index is -5.90. The molecule has 0 aliphatic carbocycles. The molecule has 0 saturated heterocycles. The smallest absolute Gasteiger partial charge is 0.315 e. The summed E-state index contributed by atoms with van der Waals surface area (Å²) >= 11 is 0. The molecule has 2 aromatic heterocycles. The van der Waals surface area contributed by atoms with Gasteiger partial charge in [-0.15, -0.1) is 0 Å². The van der Waals surface area contributed by atoms with E-state index in [9.17, 15) is 36.9 Å². The van der Waals surface area contributed by atoms with Gasteiger partial charge < -0.3 is 5.32 Å². The van der Waals surface area contributed by atoms with Crippen LogP contribution < -0.4 is 5.32 Å². The number of amides is 1. The number of fused-ring (bicyclic) bond motifs is 1. The summed E-state index contributed by atoms with van der Waals surface area (Å²) in [5.74, 6) is -6.31. The van der Waals surface area contributed by atoms with E-state index in [0.717, 1.165) is 12.1 Å². The molecule has 0 fully saturated rings. The molecule has 0 bridgehead atoms. The third-order valence-electron chi connectivity index (χ3n) is 3.81. The van der Waals surface area contributed by atoms with Crippen LogP contribution in [-0.2, 0) is 5.92 Å². The molecule has 29 heavy (non-hydrogen) atoms. The highest BCUT2D eigenvalue weighted by Gasteiger charge is 2.60. The van der Waals surface area contributed by atoms with Crippen molar-refractivity contribution >= 4 is 22.9 Å². The predicted molar refractivity (Wildman–Crippen MR) is 88.7 cm³/mol. The van der Waals surface area contributed by atoms with E-state index in [1.165, 1.54) is 25.1 Å². The van der Waals surface area contributed by atoms with Gasteiger partial charge in [0, 0.05) is 17.8 Å². The quantitative estimate of drug-likeness (QED) is 0.396. The summed E-state index contributed by atoms with van der Waals surface area (Å²) in [4.78, 5) is 26.4. The van der Waals surface area contributed by atoms with E-state index in [0.29, 0.717) is 6.07 Å². The van der Waals surface area contributed by atoms with Gasteiger partial charge in [0.25, 0.3) is 11.6 Å². The van der Waals surface area contributed by atoms with Crippen LogP contribution in [0.4, 0.5) is 33.3 Å². The number of aromatic nitrogens is 3. The lowest BCUT2D eigenvalue weighted by molar-refractivity contribution is -0.383. The van der Waals surface area contributed by atoms with E-state index in [4.69, 9.17) is 0 Å². The van der Waals surface area contributed by atoms with Crippen molar-refractivity contribution < 1.29 is 31.7 Å². The molecule has 152 valence electrons. The molecular formula is C16H10F5N5O3. The summed E-state index contributed by atoms with van der Waals surface area (Å²) in [5.41, 5.74) is -3.29. The second-order valence-corrected chi connectivity index (χ2v) is 5.88. The van der Waals surface area contributed by atoms with Gasteiger partial charge >= 0.3 is 12.1 Å². The molecule has 0 radical (unpaired) electrons. The Morgan fingerprint density at radius 2 is 1.83 bits per heavy atom. The molecule has 0 aliphatic rings. The Morgan fingerprint density at radius 1 is 1.17 bits per heavy atom. The van der Waals surface area contributed by atoms with Crippen molar-refractivity contribution in [3.63, 3.8) is 0 Å².